The average molecular weight is 291 g/mol. The number of hydrogen-bond donors (Lipinski definition) is 0. The van der Waals surface area contributed by atoms with Crippen LogP contribution in [-0.4, -0.2) is 27.5 Å². The molecule has 7 heteroatoms. The lowest BCUT2D eigenvalue weighted by Gasteiger charge is -2.17. The quantitative estimate of drug-likeness (QED) is 0.797. The summed E-state index contributed by atoms with van der Waals surface area (Å²) >= 11 is 3.29. The molecule has 0 N–H and O–H groups in total. The second-order valence-electron chi connectivity index (χ2n) is 3.22. The molecule has 17 heavy (non-hydrogen) atoms. The Balaban J connectivity index is 2.56. The lowest BCUT2D eigenvalue weighted by atomic mass is 10.4. The van der Waals surface area contributed by atoms with Gasteiger partial charge in [0.2, 0.25) is 0 Å². The topological polar surface area (TPSA) is 81.0 Å². The van der Waals surface area contributed by atoms with Crippen molar-refractivity contribution in [1.82, 2.24) is 14.4 Å². The summed E-state index contributed by atoms with van der Waals surface area (Å²) in [5.41, 5.74) is 0.624. The standard InChI is InChI=1S/C10H7BrN6/c11-8-7-17-6-3-14-9(17)10(15-8)16(4-1-12)5-2-13/h3,6-7H,4-5H2. The van der Waals surface area contributed by atoms with Gasteiger partial charge in [-0.1, -0.05) is 0 Å². The maximum Gasteiger partial charge on any atom is 0.180 e. The number of nitrogens with zero attached hydrogens (tertiary/aromatic N) is 6. The molecule has 0 amide bonds. The van der Waals surface area contributed by atoms with Crippen LogP contribution >= 0.6 is 15.9 Å². The Morgan fingerprint density at radius 3 is 2.71 bits per heavy atom. The van der Waals surface area contributed by atoms with E-state index < -0.39 is 0 Å². The van der Waals surface area contributed by atoms with Crippen molar-refractivity contribution in [2.45, 2.75) is 0 Å². The zero-order valence-corrected chi connectivity index (χ0v) is 10.3. The lowest BCUT2D eigenvalue weighted by Crippen LogP contribution is -2.25. The van der Waals surface area contributed by atoms with Gasteiger partial charge in [-0.25, -0.2) is 9.97 Å². The minimum Gasteiger partial charge on any atom is -0.327 e. The lowest BCUT2D eigenvalue weighted by molar-refractivity contribution is 0.920. The summed E-state index contributed by atoms with van der Waals surface area (Å²) in [4.78, 5) is 10.0. The fraction of sp³-hybridized carbons (Fsp3) is 0.200. The third-order valence-corrected chi connectivity index (χ3v) is 2.53. The van der Waals surface area contributed by atoms with Crippen molar-refractivity contribution in [3.8, 4) is 12.1 Å². The molecule has 0 bridgehead atoms. The van der Waals surface area contributed by atoms with Gasteiger partial charge in [0.05, 0.1) is 12.1 Å². The van der Waals surface area contributed by atoms with Gasteiger partial charge < -0.3 is 9.30 Å². The Bertz CT molecular complexity index is 604. The summed E-state index contributed by atoms with van der Waals surface area (Å²) in [6, 6.07) is 4.02. The molecule has 0 unspecified atom stereocenters. The first-order chi connectivity index (χ1) is 8.26. The van der Waals surface area contributed by atoms with Crippen LogP contribution in [-0.2, 0) is 0 Å². The van der Waals surface area contributed by atoms with E-state index in [0.717, 1.165) is 0 Å². The van der Waals surface area contributed by atoms with E-state index in [-0.39, 0.29) is 13.1 Å². The van der Waals surface area contributed by atoms with Gasteiger partial charge in [-0.15, -0.1) is 0 Å². The largest absolute Gasteiger partial charge is 0.327 e. The van der Waals surface area contributed by atoms with Crippen molar-refractivity contribution in [1.29, 1.82) is 10.5 Å². The van der Waals surface area contributed by atoms with E-state index in [1.165, 1.54) is 0 Å². The van der Waals surface area contributed by atoms with E-state index in [9.17, 15) is 0 Å². The van der Waals surface area contributed by atoms with Crippen LogP contribution in [0.1, 0.15) is 0 Å². The summed E-state index contributed by atoms with van der Waals surface area (Å²) in [5, 5.41) is 17.5. The molecule has 6 nitrogen and oxygen atoms in total. The average Bonchev–Trinajstić information content (AvgIpc) is 2.75. The summed E-state index contributed by atoms with van der Waals surface area (Å²) < 4.78 is 2.41. The number of nitriles is 2. The van der Waals surface area contributed by atoms with Crippen LogP contribution in [0.15, 0.2) is 23.2 Å². The fourth-order valence-electron chi connectivity index (χ4n) is 1.47. The van der Waals surface area contributed by atoms with E-state index >= 15 is 0 Å². The SMILES string of the molecule is N#CCN(CC#N)c1nc(Br)cn2ccnc12. The number of anilines is 1. The van der Waals surface area contributed by atoms with Crippen molar-refractivity contribution in [3.05, 3.63) is 23.2 Å². The maximum atomic E-state index is 8.75. The summed E-state index contributed by atoms with van der Waals surface area (Å²) in [6.07, 6.45) is 5.19. The summed E-state index contributed by atoms with van der Waals surface area (Å²) in [6.45, 7) is 0.194. The molecule has 2 heterocycles. The van der Waals surface area contributed by atoms with Gasteiger partial charge >= 0.3 is 0 Å². The smallest absolute Gasteiger partial charge is 0.180 e. The van der Waals surface area contributed by atoms with Crippen LogP contribution in [0.2, 0.25) is 0 Å². The van der Waals surface area contributed by atoms with Crippen molar-refractivity contribution >= 4 is 27.4 Å². The first-order valence-electron chi connectivity index (χ1n) is 4.74. The maximum absolute atomic E-state index is 8.75. The Hall–Kier alpha value is -2.12. The van der Waals surface area contributed by atoms with Crippen LogP contribution in [0.3, 0.4) is 0 Å². The van der Waals surface area contributed by atoms with Crippen LogP contribution in [0, 0.1) is 22.7 Å². The van der Waals surface area contributed by atoms with Gasteiger partial charge in [-0.05, 0) is 15.9 Å². The molecule has 2 aromatic rings. The number of hydrogen-bond acceptors (Lipinski definition) is 5. The molecule has 0 saturated carbocycles. The molecule has 0 aliphatic rings. The number of halogens is 1. The molecule has 0 aliphatic heterocycles. The Labute approximate surface area is 106 Å². The molecule has 0 fully saturated rings. The second kappa shape index (κ2) is 4.81. The molecule has 0 aliphatic carbocycles. The van der Waals surface area contributed by atoms with Gasteiger partial charge in [0.1, 0.15) is 17.7 Å². The van der Waals surface area contributed by atoms with Crippen LogP contribution in [0.25, 0.3) is 5.65 Å². The van der Waals surface area contributed by atoms with E-state index in [2.05, 4.69) is 25.9 Å². The molecule has 0 spiro atoms. The van der Waals surface area contributed by atoms with Crippen molar-refractivity contribution < 1.29 is 0 Å². The predicted molar refractivity (Wildman–Crippen MR) is 64.1 cm³/mol. The van der Waals surface area contributed by atoms with Gasteiger partial charge in [0.15, 0.2) is 11.5 Å². The third-order valence-electron chi connectivity index (χ3n) is 2.15. The minimum absolute atomic E-state index is 0.0968. The first-order valence-corrected chi connectivity index (χ1v) is 5.53. The van der Waals surface area contributed by atoms with Crippen molar-refractivity contribution in [3.63, 3.8) is 0 Å². The number of imidazole rings is 1. The molecule has 0 atom stereocenters. The van der Waals surface area contributed by atoms with Gasteiger partial charge in [0.25, 0.3) is 0 Å². The van der Waals surface area contributed by atoms with E-state index in [1.807, 2.05) is 12.1 Å². The summed E-state index contributed by atoms with van der Waals surface area (Å²) in [5.74, 6) is 0.521. The second-order valence-corrected chi connectivity index (χ2v) is 4.03. The molecule has 2 aromatic heterocycles. The summed E-state index contributed by atoms with van der Waals surface area (Å²) in [7, 11) is 0. The Kier molecular flexibility index (Phi) is 3.22. The monoisotopic (exact) mass is 290 g/mol. The van der Waals surface area contributed by atoms with Crippen molar-refractivity contribution in [2.75, 3.05) is 18.0 Å². The highest BCUT2D eigenvalue weighted by Crippen LogP contribution is 2.20. The Morgan fingerprint density at radius 2 is 2.06 bits per heavy atom. The minimum atomic E-state index is 0.0968. The highest BCUT2D eigenvalue weighted by Gasteiger charge is 2.13. The predicted octanol–water partition coefficient (Wildman–Crippen LogP) is 1.35. The molecule has 0 saturated heterocycles. The van der Waals surface area contributed by atoms with Gasteiger partial charge in [-0.2, -0.15) is 10.5 Å². The van der Waals surface area contributed by atoms with E-state index in [4.69, 9.17) is 10.5 Å². The van der Waals surface area contributed by atoms with E-state index in [1.54, 1.807) is 27.9 Å². The first kappa shape index (κ1) is 11.4. The number of rotatable bonds is 3. The molecular formula is C10H7BrN6. The number of aromatic nitrogens is 3. The number of fused-ring (bicyclic) bond motifs is 1. The third kappa shape index (κ3) is 2.19. The molecule has 0 aromatic carbocycles. The van der Waals surface area contributed by atoms with Crippen LogP contribution in [0.5, 0.6) is 0 Å². The molecule has 0 radical (unpaired) electrons. The van der Waals surface area contributed by atoms with Gasteiger partial charge in [0, 0.05) is 18.6 Å². The Morgan fingerprint density at radius 1 is 1.35 bits per heavy atom. The normalized spacial score (nSPS) is 9.82. The zero-order valence-electron chi connectivity index (χ0n) is 8.71. The molecular weight excluding hydrogens is 284 g/mol. The van der Waals surface area contributed by atoms with Crippen molar-refractivity contribution in [2.24, 2.45) is 0 Å². The molecule has 2 rings (SSSR count). The van der Waals surface area contributed by atoms with Crippen LogP contribution < -0.4 is 4.90 Å². The van der Waals surface area contributed by atoms with Gasteiger partial charge in [-0.3, -0.25) is 0 Å². The molecule has 84 valence electrons. The van der Waals surface area contributed by atoms with E-state index in [0.29, 0.717) is 16.1 Å². The highest BCUT2D eigenvalue weighted by molar-refractivity contribution is 9.10. The van der Waals surface area contributed by atoms with Crippen LogP contribution in [0.4, 0.5) is 5.82 Å². The fourth-order valence-corrected chi connectivity index (χ4v) is 1.86. The zero-order chi connectivity index (χ0) is 12.3. The highest BCUT2D eigenvalue weighted by atomic mass is 79.9.